The number of carbonyl (C=O) groups excluding carboxylic acids is 2. The van der Waals surface area contributed by atoms with Crippen LogP contribution in [-0.4, -0.2) is 31.6 Å². The van der Waals surface area contributed by atoms with Gasteiger partial charge < -0.3 is 20.9 Å². The highest BCUT2D eigenvalue weighted by Gasteiger charge is 2.33. The van der Waals surface area contributed by atoms with Gasteiger partial charge in [-0.1, -0.05) is 32.9 Å². The molecule has 3 N–H and O–H groups in total. The molecule has 1 fully saturated rings. The first kappa shape index (κ1) is 25.4. The van der Waals surface area contributed by atoms with Crippen LogP contribution in [0.1, 0.15) is 49.5 Å². The van der Waals surface area contributed by atoms with Gasteiger partial charge >= 0.3 is 12.2 Å². The van der Waals surface area contributed by atoms with Gasteiger partial charge in [-0.05, 0) is 55.0 Å². The van der Waals surface area contributed by atoms with Crippen molar-refractivity contribution >= 4 is 29.0 Å². The zero-order chi connectivity index (χ0) is 24.9. The third-order valence-electron chi connectivity index (χ3n) is 5.77. The summed E-state index contributed by atoms with van der Waals surface area (Å²) in [4.78, 5) is 27.6. The van der Waals surface area contributed by atoms with Crippen molar-refractivity contribution in [2.24, 2.45) is 11.8 Å². The van der Waals surface area contributed by atoms with Crippen molar-refractivity contribution in [3.8, 4) is 0 Å². The van der Waals surface area contributed by atoms with Gasteiger partial charge in [0.1, 0.15) is 0 Å². The third kappa shape index (κ3) is 6.65. The minimum absolute atomic E-state index is 0.256. The minimum Gasteiger partial charge on any atom is -0.371 e. The summed E-state index contributed by atoms with van der Waals surface area (Å²) in [5.74, 6) is 0.636. The van der Waals surface area contributed by atoms with Gasteiger partial charge in [-0.2, -0.15) is 13.2 Å². The van der Waals surface area contributed by atoms with E-state index >= 15 is 0 Å². The minimum atomic E-state index is -4.60. The van der Waals surface area contributed by atoms with Gasteiger partial charge in [0.05, 0.1) is 16.8 Å². The van der Waals surface area contributed by atoms with Crippen molar-refractivity contribution in [3.63, 3.8) is 0 Å². The number of nitrogens with one attached hydrogen (secondary N) is 3. The fourth-order valence-corrected chi connectivity index (χ4v) is 3.84. The molecule has 0 radical (unpaired) electrons. The number of urea groups is 1. The predicted octanol–water partition coefficient (Wildman–Crippen LogP) is 5.97. The maximum Gasteiger partial charge on any atom is 0.418 e. The Bertz CT molecular complexity index is 1020. The lowest BCUT2D eigenvalue weighted by Gasteiger charge is -2.33. The molecule has 0 atom stereocenters. The van der Waals surface area contributed by atoms with Crippen molar-refractivity contribution in [1.29, 1.82) is 0 Å². The Morgan fingerprint density at radius 2 is 1.74 bits per heavy atom. The second-order valence-electron chi connectivity index (χ2n) is 9.13. The molecule has 2 aromatic rings. The van der Waals surface area contributed by atoms with E-state index in [2.05, 4.69) is 27.8 Å². The van der Waals surface area contributed by atoms with Gasteiger partial charge in [-0.25, -0.2) is 4.79 Å². The highest BCUT2D eigenvalue weighted by atomic mass is 19.4. The molecule has 34 heavy (non-hydrogen) atoms. The van der Waals surface area contributed by atoms with E-state index in [0.29, 0.717) is 23.7 Å². The number of hydrogen-bond acceptors (Lipinski definition) is 3. The summed E-state index contributed by atoms with van der Waals surface area (Å²) in [7, 11) is 0. The van der Waals surface area contributed by atoms with Crippen molar-refractivity contribution < 1.29 is 22.8 Å². The highest BCUT2D eigenvalue weighted by molar-refractivity contribution is 6.04. The van der Waals surface area contributed by atoms with Crippen LogP contribution in [-0.2, 0) is 6.18 Å². The maximum absolute atomic E-state index is 13.2. The van der Waals surface area contributed by atoms with Crippen LogP contribution in [0.5, 0.6) is 0 Å². The van der Waals surface area contributed by atoms with E-state index in [1.54, 1.807) is 18.2 Å². The zero-order valence-electron chi connectivity index (χ0n) is 19.6. The van der Waals surface area contributed by atoms with Crippen molar-refractivity contribution in [3.05, 3.63) is 53.6 Å². The van der Waals surface area contributed by atoms with Crippen molar-refractivity contribution in [2.75, 3.05) is 35.2 Å². The summed E-state index contributed by atoms with van der Waals surface area (Å²) in [6.45, 7) is 8.35. The molecule has 2 aromatic carbocycles. The van der Waals surface area contributed by atoms with Crippen LogP contribution in [0.25, 0.3) is 0 Å². The van der Waals surface area contributed by atoms with Gasteiger partial charge in [-0.3, -0.25) is 4.79 Å². The fraction of sp³-hybridized carbons (Fsp3) is 0.440. The molecule has 0 aromatic heterocycles. The SMILES string of the molecule is CC(C)CNC(=O)c1cc(NC(=O)Nc2ccccc2C(F)(F)F)ccc1N1CCC(C)CC1. The van der Waals surface area contributed by atoms with Gasteiger partial charge in [0, 0.05) is 31.0 Å². The Kier molecular flexibility index (Phi) is 8.06. The smallest absolute Gasteiger partial charge is 0.371 e. The lowest BCUT2D eigenvalue weighted by atomic mass is 9.97. The van der Waals surface area contributed by atoms with E-state index in [-0.39, 0.29) is 17.5 Å². The first-order valence-electron chi connectivity index (χ1n) is 11.5. The van der Waals surface area contributed by atoms with Gasteiger partial charge in [0.2, 0.25) is 0 Å². The number of amides is 3. The molecule has 1 aliphatic heterocycles. The number of para-hydroxylation sites is 1. The standard InChI is InChI=1S/C25H31F3N4O2/c1-16(2)15-29-23(33)19-14-18(8-9-22(19)32-12-10-17(3)11-13-32)30-24(34)31-21-7-5-4-6-20(21)25(26,27)28/h4-9,14,16-17H,10-13,15H2,1-3H3,(H,29,33)(H2,30,31,34). The summed E-state index contributed by atoms with van der Waals surface area (Å²) >= 11 is 0. The van der Waals surface area contributed by atoms with Crippen LogP contribution in [0, 0.1) is 11.8 Å². The maximum atomic E-state index is 13.2. The number of hydrogen-bond donors (Lipinski definition) is 3. The summed E-state index contributed by atoms with van der Waals surface area (Å²) in [5, 5.41) is 7.72. The van der Waals surface area contributed by atoms with E-state index in [1.165, 1.54) is 18.2 Å². The molecule has 1 aliphatic rings. The molecule has 3 amide bonds. The van der Waals surface area contributed by atoms with Gasteiger partial charge in [-0.15, -0.1) is 0 Å². The van der Waals surface area contributed by atoms with Gasteiger partial charge in [0.15, 0.2) is 0 Å². The van der Waals surface area contributed by atoms with Crippen LogP contribution in [0.3, 0.4) is 0 Å². The number of benzene rings is 2. The summed E-state index contributed by atoms with van der Waals surface area (Å²) in [6, 6.07) is 8.93. The van der Waals surface area contributed by atoms with Crippen LogP contribution >= 0.6 is 0 Å². The van der Waals surface area contributed by atoms with Crippen LogP contribution in [0.2, 0.25) is 0 Å². The second-order valence-corrected chi connectivity index (χ2v) is 9.13. The quantitative estimate of drug-likeness (QED) is 0.481. The molecule has 0 saturated carbocycles. The van der Waals surface area contributed by atoms with Gasteiger partial charge in [0.25, 0.3) is 5.91 Å². The molecule has 0 spiro atoms. The Morgan fingerprint density at radius 1 is 1.06 bits per heavy atom. The molecule has 0 aliphatic carbocycles. The molecule has 1 saturated heterocycles. The predicted molar refractivity (Wildman–Crippen MR) is 128 cm³/mol. The lowest BCUT2D eigenvalue weighted by Crippen LogP contribution is -2.35. The number of piperidine rings is 1. The largest absolute Gasteiger partial charge is 0.418 e. The molecule has 1 heterocycles. The number of halogens is 3. The molecule has 0 bridgehead atoms. The van der Waals surface area contributed by atoms with Crippen molar-refractivity contribution in [2.45, 2.75) is 39.8 Å². The first-order valence-corrected chi connectivity index (χ1v) is 11.5. The van der Waals surface area contributed by atoms with Crippen molar-refractivity contribution in [1.82, 2.24) is 5.32 Å². The molecule has 9 heteroatoms. The van der Waals surface area contributed by atoms with Crippen LogP contribution < -0.4 is 20.9 Å². The average Bonchev–Trinajstić information content (AvgIpc) is 2.77. The van der Waals surface area contributed by atoms with E-state index in [9.17, 15) is 22.8 Å². The van der Waals surface area contributed by atoms with E-state index < -0.39 is 17.8 Å². The Labute approximate surface area is 197 Å². The van der Waals surface area contributed by atoms with Crippen LogP contribution in [0.15, 0.2) is 42.5 Å². The van der Waals surface area contributed by atoms with E-state index in [1.807, 2.05) is 13.8 Å². The second kappa shape index (κ2) is 10.8. The fourth-order valence-electron chi connectivity index (χ4n) is 3.84. The highest BCUT2D eigenvalue weighted by Crippen LogP contribution is 2.35. The molecule has 3 rings (SSSR count). The average molecular weight is 477 g/mol. The molecule has 6 nitrogen and oxygen atoms in total. The number of alkyl halides is 3. The Hall–Kier alpha value is -3.23. The molecule has 0 unspecified atom stereocenters. The topological polar surface area (TPSA) is 73.5 Å². The molecular formula is C25H31F3N4O2. The number of rotatable bonds is 6. The van der Waals surface area contributed by atoms with E-state index in [0.717, 1.165) is 37.7 Å². The third-order valence-corrected chi connectivity index (χ3v) is 5.77. The Morgan fingerprint density at radius 3 is 2.38 bits per heavy atom. The molecular weight excluding hydrogens is 445 g/mol. The summed E-state index contributed by atoms with van der Waals surface area (Å²) in [6.07, 6.45) is -2.55. The number of carbonyl (C=O) groups is 2. The monoisotopic (exact) mass is 476 g/mol. The normalized spacial score (nSPS) is 14.7. The van der Waals surface area contributed by atoms with Crippen LogP contribution in [0.4, 0.5) is 35.0 Å². The summed E-state index contributed by atoms with van der Waals surface area (Å²) in [5.41, 5.74) is 0.228. The first-order chi connectivity index (χ1) is 16.0. The Balaban J connectivity index is 1.81. The van der Waals surface area contributed by atoms with E-state index in [4.69, 9.17) is 0 Å². The zero-order valence-corrected chi connectivity index (χ0v) is 19.6. The molecule has 184 valence electrons. The lowest BCUT2D eigenvalue weighted by molar-refractivity contribution is -0.136. The number of nitrogens with zero attached hydrogens (tertiary/aromatic N) is 1. The summed E-state index contributed by atoms with van der Waals surface area (Å²) < 4.78 is 39.7. The number of anilines is 3.